The van der Waals surface area contributed by atoms with E-state index < -0.39 is 11.6 Å². The Kier molecular flexibility index (Phi) is 6.29. The number of benzene rings is 3. The van der Waals surface area contributed by atoms with Crippen molar-refractivity contribution in [3.05, 3.63) is 53.6 Å². The minimum atomic E-state index is -0.826. The van der Waals surface area contributed by atoms with E-state index in [1.54, 1.807) is 24.3 Å². The Hall–Kier alpha value is -4.00. The molecule has 5 aliphatic rings. The lowest BCUT2D eigenvalue weighted by atomic mass is 9.63. The number of fused-ring (bicyclic) bond motifs is 4. The fourth-order valence-corrected chi connectivity index (χ4v) is 8.64. The van der Waals surface area contributed by atoms with Gasteiger partial charge in [0.15, 0.2) is 5.82 Å². The van der Waals surface area contributed by atoms with E-state index in [1.165, 1.54) is 44.5 Å². The van der Waals surface area contributed by atoms with Crippen molar-refractivity contribution in [2.24, 2.45) is 10.8 Å². The maximum Gasteiger partial charge on any atom is 0.319 e. The SMILES string of the molecule is C#Cc1cccc2cc(O)cc(-c3c(F)cc4c(N5CC6CCC(C5)N6)nc(OCC5(CN6CC7(CCC7)C6)CC5)nc4c3F)c12. The summed E-state index contributed by atoms with van der Waals surface area (Å²) in [5, 5.41) is 15.6. The van der Waals surface area contributed by atoms with Crippen LogP contribution in [0.2, 0.25) is 0 Å². The van der Waals surface area contributed by atoms with Gasteiger partial charge < -0.3 is 25.0 Å². The number of hydrogen-bond donors (Lipinski definition) is 2. The molecule has 0 radical (unpaired) electrons. The Bertz CT molecular complexity index is 1930. The van der Waals surface area contributed by atoms with Gasteiger partial charge in [0.1, 0.15) is 22.9 Å². The Morgan fingerprint density at radius 2 is 1.83 bits per heavy atom. The molecule has 7 nitrogen and oxygen atoms in total. The third-order valence-corrected chi connectivity index (χ3v) is 11.3. The van der Waals surface area contributed by atoms with E-state index in [-0.39, 0.29) is 33.8 Å². The van der Waals surface area contributed by atoms with Crippen LogP contribution in [0.25, 0.3) is 32.8 Å². The molecule has 2 bridgehead atoms. The molecular formula is C37H37F2N5O2. The number of aromatic hydroxyl groups is 1. The molecule has 1 aromatic heterocycles. The molecule has 3 aromatic carbocycles. The summed E-state index contributed by atoms with van der Waals surface area (Å²) in [4.78, 5) is 14.1. The number of likely N-dealkylation sites (tertiary alicyclic amines) is 1. The number of piperazine rings is 1. The van der Waals surface area contributed by atoms with Crippen molar-refractivity contribution in [1.29, 1.82) is 0 Å². The Morgan fingerprint density at radius 3 is 2.52 bits per heavy atom. The van der Waals surface area contributed by atoms with Crippen LogP contribution in [0.5, 0.6) is 11.8 Å². The molecule has 236 valence electrons. The Morgan fingerprint density at radius 1 is 1.04 bits per heavy atom. The number of nitrogens with zero attached hydrogens (tertiary/aromatic N) is 4. The highest BCUT2D eigenvalue weighted by Gasteiger charge is 2.52. The molecule has 2 unspecified atom stereocenters. The number of rotatable bonds is 7. The van der Waals surface area contributed by atoms with Gasteiger partial charge >= 0.3 is 6.01 Å². The van der Waals surface area contributed by atoms with E-state index in [0.29, 0.717) is 64.7 Å². The highest BCUT2D eigenvalue weighted by atomic mass is 19.1. The lowest BCUT2D eigenvalue weighted by molar-refractivity contribution is -0.0716. The van der Waals surface area contributed by atoms with Gasteiger partial charge in [-0.15, -0.1) is 6.42 Å². The van der Waals surface area contributed by atoms with Crippen molar-refractivity contribution >= 4 is 27.5 Å². The molecule has 2 saturated carbocycles. The van der Waals surface area contributed by atoms with Gasteiger partial charge in [-0.3, -0.25) is 0 Å². The highest BCUT2D eigenvalue weighted by molar-refractivity contribution is 6.04. The number of phenols is 1. The number of anilines is 1. The van der Waals surface area contributed by atoms with Gasteiger partial charge in [0.05, 0.1) is 12.2 Å². The summed E-state index contributed by atoms with van der Waals surface area (Å²) in [5.41, 5.74) is 1.01. The zero-order valence-corrected chi connectivity index (χ0v) is 25.8. The van der Waals surface area contributed by atoms with Gasteiger partial charge in [-0.25, -0.2) is 8.78 Å². The van der Waals surface area contributed by atoms with Gasteiger partial charge in [-0.2, -0.15) is 9.97 Å². The zero-order valence-electron chi connectivity index (χ0n) is 25.8. The Balaban J connectivity index is 1.12. The lowest BCUT2D eigenvalue weighted by Crippen LogP contribution is -2.60. The molecule has 3 aliphatic heterocycles. The highest BCUT2D eigenvalue weighted by Crippen LogP contribution is 2.53. The maximum atomic E-state index is 16.9. The number of hydrogen-bond acceptors (Lipinski definition) is 7. The van der Waals surface area contributed by atoms with Crippen molar-refractivity contribution in [3.63, 3.8) is 0 Å². The van der Waals surface area contributed by atoms with Gasteiger partial charge in [0, 0.05) is 72.1 Å². The smallest absolute Gasteiger partial charge is 0.319 e. The van der Waals surface area contributed by atoms with E-state index in [4.69, 9.17) is 16.1 Å². The third kappa shape index (κ3) is 4.60. The molecule has 9 heteroatoms. The minimum absolute atomic E-state index is 0.00326. The van der Waals surface area contributed by atoms with Crippen LogP contribution in [-0.4, -0.2) is 71.4 Å². The van der Waals surface area contributed by atoms with Crippen LogP contribution >= 0.6 is 0 Å². The molecule has 4 heterocycles. The molecule has 0 amide bonds. The summed E-state index contributed by atoms with van der Waals surface area (Å²) in [7, 11) is 0. The predicted molar refractivity (Wildman–Crippen MR) is 174 cm³/mol. The molecule has 46 heavy (non-hydrogen) atoms. The van der Waals surface area contributed by atoms with Gasteiger partial charge in [-0.05, 0) is 73.6 Å². The number of nitrogens with one attached hydrogen (secondary N) is 1. The van der Waals surface area contributed by atoms with E-state index in [0.717, 1.165) is 32.2 Å². The summed E-state index contributed by atoms with van der Waals surface area (Å²) in [5.74, 6) is 1.42. The lowest BCUT2D eigenvalue weighted by Gasteiger charge is -2.56. The molecule has 3 saturated heterocycles. The van der Waals surface area contributed by atoms with Gasteiger partial charge in [0.25, 0.3) is 0 Å². The van der Waals surface area contributed by atoms with Crippen molar-refractivity contribution in [3.8, 4) is 35.2 Å². The molecular weight excluding hydrogens is 584 g/mol. The molecule has 1 spiro atoms. The number of aromatic nitrogens is 2. The first-order valence-electron chi connectivity index (χ1n) is 16.6. The topological polar surface area (TPSA) is 73.8 Å². The molecule has 2 N–H and O–H groups in total. The number of halogens is 2. The summed E-state index contributed by atoms with van der Waals surface area (Å²) in [6.45, 7) is 5.21. The quantitative estimate of drug-likeness (QED) is 0.245. The molecule has 4 aromatic rings. The van der Waals surface area contributed by atoms with Crippen LogP contribution in [0.1, 0.15) is 50.5 Å². The second-order valence-electron chi connectivity index (χ2n) is 14.6. The molecule has 2 aliphatic carbocycles. The van der Waals surface area contributed by atoms with Crippen LogP contribution in [0.4, 0.5) is 14.6 Å². The largest absolute Gasteiger partial charge is 0.508 e. The maximum absolute atomic E-state index is 16.9. The van der Waals surface area contributed by atoms with Crippen LogP contribution in [0.15, 0.2) is 36.4 Å². The Labute approximate surface area is 267 Å². The van der Waals surface area contributed by atoms with Crippen LogP contribution in [0, 0.1) is 34.8 Å². The second-order valence-corrected chi connectivity index (χ2v) is 14.6. The number of terminal acetylenes is 1. The van der Waals surface area contributed by atoms with Crippen molar-refractivity contribution in [2.75, 3.05) is 44.2 Å². The molecule has 5 fully saturated rings. The van der Waals surface area contributed by atoms with Crippen LogP contribution < -0.4 is 15.0 Å². The first kappa shape index (κ1) is 28.2. The average Bonchev–Trinajstić information content (AvgIpc) is 3.70. The standard InChI is InChI=1S/C37H37F2N5O2/c1-2-22-5-3-6-23-13-26(45)14-27(30(22)23)31-29(38)15-28-33(32(31)39)41-35(42-34(28)44-16-24-7-8-25(17-44)40-24)46-21-37(11-12-37)20-43-18-36(19-43)9-4-10-36/h1,3,5-6,13-15,24-25,40,45H,4,7-12,16-21H2. The van der Waals surface area contributed by atoms with Crippen LogP contribution in [-0.2, 0) is 0 Å². The normalized spacial score (nSPS) is 24.2. The average molecular weight is 622 g/mol. The van der Waals surface area contributed by atoms with Gasteiger partial charge in [-0.1, -0.05) is 24.5 Å². The minimum Gasteiger partial charge on any atom is -0.508 e. The fraction of sp³-hybridized carbons (Fsp3) is 0.459. The second kappa shape index (κ2) is 10.2. The van der Waals surface area contributed by atoms with E-state index in [9.17, 15) is 5.11 Å². The number of ether oxygens (including phenoxy) is 1. The summed E-state index contributed by atoms with van der Waals surface area (Å²) in [6.07, 6.45) is 14.2. The zero-order chi connectivity index (χ0) is 31.2. The van der Waals surface area contributed by atoms with E-state index >= 15 is 8.78 Å². The summed E-state index contributed by atoms with van der Waals surface area (Å²) >= 11 is 0. The molecule has 2 atom stereocenters. The van der Waals surface area contributed by atoms with Crippen molar-refractivity contribution in [2.45, 2.75) is 57.0 Å². The first-order chi connectivity index (χ1) is 22.3. The number of phenolic OH excluding ortho intramolecular Hbond substituents is 1. The third-order valence-electron chi connectivity index (χ3n) is 11.3. The summed E-state index contributed by atoms with van der Waals surface area (Å²) < 4.78 is 39.5. The van der Waals surface area contributed by atoms with E-state index in [1.807, 2.05) is 0 Å². The van der Waals surface area contributed by atoms with E-state index in [2.05, 4.69) is 26.0 Å². The van der Waals surface area contributed by atoms with Gasteiger partial charge in [0.2, 0.25) is 0 Å². The van der Waals surface area contributed by atoms with Crippen LogP contribution in [0.3, 0.4) is 0 Å². The predicted octanol–water partition coefficient (Wildman–Crippen LogP) is 6.00. The fourth-order valence-electron chi connectivity index (χ4n) is 8.64. The first-order valence-corrected chi connectivity index (χ1v) is 16.6. The van der Waals surface area contributed by atoms with Crippen molar-refractivity contribution in [1.82, 2.24) is 20.2 Å². The molecule has 9 rings (SSSR count). The van der Waals surface area contributed by atoms with Crippen molar-refractivity contribution < 1.29 is 18.6 Å². The summed E-state index contributed by atoms with van der Waals surface area (Å²) in [6, 6.07) is 10.2. The monoisotopic (exact) mass is 621 g/mol.